The van der Waals surface area contributed by atoms with Crippen molar-refractivity contribution in [2.45, 2.75) is 19.4 Å². The number of aryl methyl sites for hydroxylation is 1. The van der Waals surface area contributed by atoms with Crippen LogP contribution in [0, 0.1) is 12.7 Å². The van der Waals surface area contributed by atoms with E-state index < -0.39 is 0 Å². The molecule has 0 aliphatic carbocycles. The highest BCUT2D eigenvalue weighted by atomic mass is 19.1. The number of anilines is 1. The molecule has 5 heteroatoms. The van der Waals surface area contributed by atoms with Crippen LogP contribution in [0.4, 0.5) is 10.2 Å². The summed E-state index contributed by atoms with van der Waals surface area (Å²) in [6.07, 6.45) is 0.467. The summed E-state index contributed by atoms with van der Waals surface area (Å²) >= 11 is 0. The van der Waals surface area contributed by atoms with Gasteiger partial charge < -0.3 is 10.0 Å². The number of hydrogen-bond acceptors (Lipinski definition) is 4. The minimum atomic E-state index is -0.292. The van der Waals surface area contributed by atoms with Gasteiger partial charge in [-0.2, -0.15) is 0 Å². The molecule has 0 bridgehead atoms. The highest BCUT2D eigenvalue weighted by Crippen LogP contribution is 2.24. The Hall–Kier alpha value is -2.01. The second-order valence-electron chi connectivity index (χ2n) is 5.05. The topological polar surface area (TPSA) is 49.2 Å². The van der Waals surface area contributed by atoms with Gasteiger partial charge in [-0.05, 0) is 37.6 Å². The summed E-state index contributed by atoms with van der Waals surface area (Å²) in [6.45, 7) is 3.23. The monoisotopic (exact) mass is 273 g/mol. The summed E-state index contributed by atoms with van der Waals surface area (Å²) in [5, 5.41) is 9.62. The van der Waals surface area contributed by atoms with Gasteiger partial charge in [0.15, 0.2) is 0 Å². The normalized spacial score (nSPS) is 18.6. The van der Waals surface area contributed by atoms with Gasteiger partial charge in [0.25, 0.3) is 0 Å². The molecule has 1 unspecified atom stereocenters. The molecule has 1 atom stereocenters. The smallest absolute Gasteiger partial charge is 0.132 e. The zero-order valence-electron chi connectivity index (χ0n) is 11.3. The van der Waals surface area contributed by atoms with Crippen molar-refractivity contribution in [2.75, 3.05) is 18.0 Å². The van der Waals surface area contributed by atoms with Crippen molar-refractivity contribution in [3.8, 4) is 11.3 Å². The van der Waals surface area contributed by atoms with E-state index >= 15 is 0 Å². The molecule has 2 heterocycles. The zero-order valence-corrected chi connectivity index (χ0v) is 11.3. The minimum Gasteiger partial charge on any atom is -0.391 e. The molecular formula is C15H16FN3O. The highest BCUT2D eigenvalue weighted by molar-refractivity contribution is 5.63. The molecule has 1 N–H and O–H groups in total. The van der Waals surface area contributed by atoms with Gasteiger partial charge in [-0.15, -0.1) is 0 Å². The lowest BCUT2D eigenvalue weighted by molar-refractivity contribution is 0.198. The van der Waals surface area contributed by atoms with E-state index in [2.05, 4.69) is 9.97 Å². The van der Waals surface area contributed by atoms with E-state index in [0.29, 0.717) is 12.4 Å². The van der Waals surface area contributed by atoms with Gasteiger partial charge in [0.1, 0.15) is 17.5 Å². The number of halogens is 1. The summed E-state index contributed by atoms with van der Waals surface area (Å²) in [7, 11) is 0. The Bertz CT molecular complexity index is 615. The first-order chi connectivity index (χ1) is 9.61. The van der Waals surface area contributed by atoms with E-state index in [1.54, 1.807) is 12.1 Å². The second kappa shape index (κ2) is 5.17. The molecule has 1 saturated heterocycles. The van der Waals surface area contributed by atoms with E-state index in [1.165, 1.54) is 12.1 Å². The van der Waals surface area contributed by atoms with Gasteiger partial charge >= 0.3 is 0 Å². The van der Waals surface area contributed by atoms with Gasteiger partial charge in [0.2, 0.25) is 0 Å². The molecule has 0 spiro atoms. The third-order valence-corrected chi connectivity index (χ3v) is 3.45. The van der Waals surface area contributed by atoms with Gasteiger partial charge in [-0.3, -0.25) is 0 Å². The van der Waals surface area contributed by atoms with Gasteiger partial charge in [-0.25, -0.2) is 14.4 Å². The summed E-state index contributed by atoms with van der Waals surface area (Å²) in [6, 6.07) is 8.15. The first-order valence-corrected chi connectivity index (χ1v) is 6.66. The van der Waals surface area contributed by atoms with Crippen molar-refractivity contribution in [3.63, 3.8) is 0 Å². The number of aromatic nitrogens is 2. The Balaban J connectivity index is 1.96. The molecule has 1 aliphatic rings. The van der Waals surface area contributed by atoms with Crippen LogP contribution in [0.15, 0.2) is 30.3 Å². The average Bonchev–Trinajstić information content (AvgIpc) is 2.85. The molecular weight excluding hydrogens is 257 g/mol. The van der Waals surface area contributed by atoms with Crippen LogP contribution < -0.4 is 4.90 Å². The molecule has 0 saturated carbocycles. The first kappa shape index (κ1) is 13.0. The van der Waals surface area contributed by atoms with Crippen LogP contribution in [0.1, 0.15) is 12.2 Å². The molecule has 1 aliphatic heterocycles. The van der Waals surface area contributed by atoms with E-state index in [-0.39, 0.29) is 11.9 Å². The van der Waals surface area contributed by atoms with Crippen LogP contribution in [0.25, 0.3) is 11.3 Å². The SMILES string of the molecule is Cc1nc(-c2ccc(F)cc2)cc(N2CCC(O)C2)n1. The summed E-state index contributed by atoms with van der Waals surface area (Å²) in [5.74, 6) is 1.22. The van der Waals surface area contributed by atoms with E-state index in [1.807, 2.05) is 17.9 Å². The summed E-state index contributed by atoms with van der Waals surface area (Å²) in [4.78, 5) is 10.9. The number of nitrogens with zero attached hydrogens (tertiary/aromatic N) is 3. The highest BCUT2D eigenvalue weighted by Gasteiger charge is 2.22. The van der Waals surface area contributed by atoms with Crippen molar-refractivity contribution >= 4 is 5.82 Å². The molecule has 1 fully saturated rings. The van der Waals surface area contributed by atoms with Crippen molar-refractivity contribution in [1.29, 1.82) is 0 Å². The van der Waals surface area contributed by atoms with Crippen molar-refractivity contribution in [3.05, 3.63) is 42.0 Å². The van der Waals surface area contributed by atoms with Crippen LogP contribution in [0.3, 0.4) is 0 Å². The van der Waals surface area contributed by atoms with Crippen molar-refractivity contribution in [1.82, 2.24) is 9.97 Å². The second-order valence-corrected chi connectivity index (χ2v) is 5.05. The maximum atomic E-state index is 13.0. The number of rotatable bonds is 2. The predicted molar refractivity (Wildman–Crippen MR) is 75.0 cm³/mol. The van der Waals surface area contributed by atoms with E-state index in [9.17, 15) is 9.50 Å². The zero-order chi connectivity index (χ0) is 14.1. The fourth-order valence-electron chi connectivity index (χ4n) is 2.43. The quantitative estimate of drug-likeness (QED) is 0.911. The molecule has 2 aromatic rings. The number of hydrogen-bond donors (Lipinski definition) is 1. The number of β-amino-alcohol motifs (C(OH)–C–C–N with tert-alkyl or cyclic N) is 1. The van der Waals surface area contributed by atoms with Gasteiger partial charge in [0, 0.05) is 24.7 Å². The van der Waals surface area contributed by atoms with Gasteiger partial charge in [-0.1, -0.05) is 0 Å². The Morgan fingerprint density at radius 2 is 2.00 bits per heavy atom. The summed E-state index contributed by atoms with van der Waals surface area (Å²) < 4.78 is 13.0. The summed E-state index contributed by atoms with van der Waals surface area (Å²) in [5.41, 5.74) is 1.63. The molecule has 20 heavy (non-hydrogen) atoms. The average molecular weight is 273 g/mol. The van der Waals surface area contributed by atoms with E-state index in [0.717, 1.165) is 30.0 Å². The number of benzene rings is 1. The minimum absolute atomic E-state index is 0.262. The Labute approximate surface area is 116 Å². The van der Waals surface area contributed by atoms with Gasteiger partial charge in [0.05, 0.1) is 11.8 Å². The van der Waals surface area contributed by atoms with Crippen LogP contribution in [0.5, 0.6) is 0 Å². The molecule has 1 aromatic heterocycles. The molecule has 4 nitrogen and oxygen atoms in total. The largest absolute Gasteiger partial charge is 0.391 e. The van der Waals surface area contributed by atoms with Crippen LogP contribution in [0.2, 0.25) is 0 Å². The maximum Gasteiger partial charge on any atom is 0.132 e. The van der Waals surface area contributed by atoms with Crippen LogP contribution >= 0.6 is 0 Å². The Morgan fingerprint density at radius 3 is 2.65 bits per heavy atom. The third-order valence-electron chi connectivity index (χ3n) is 3.45. The van der Waals surface area contributed by atoms with Crippen molar-refractivity contribution in [2.24, 2.45) is 0 Å². The number of aliphatic hydroxyl groups is 1. The fraction of sp³-hybridized carbons (Fsp3) is 0.333. The molecule has 0 radical (unpaired) electrons. The first-order valence-electron chi connectivity index (χ1n) is 6.66. The Morgan fingerprint density at radius 1 is 1.25 bits per heavy atom. The van der Waals surface area contributed by atoms with Crippen LogP contribution in [-0.2, 0) is 0 Å². The van der Waals surface area contributed by atoms with E-state index in [4.69, 9.17) is 0 Å². The molecule has 104 valence electrons. The van der Waals surface area contributed by atoms with Crippen LogP contribution in [-0.4, -0.2) is 34.3 Å². The molecule has 3 rings (SSSR count). The Kier molecular flexibility index (Phi) is 3.36. The lowest BCUT2D eigenvalue weighted by atomic mass is 10.1. The van der Waals surface area contributed by atoms with Crippen molar-refractivity contribution < 1.29 is 9.50 Å². The number of aliphatic hydroxyl groups excluding tert-OH is 1. The molecule has 0 amide bonds. The third kappa shape index (κ3) is 2.63. The fourth-order valence-corrected chi connectivity index (χ4v) is 2.43. The maximum absolute atomic E-state index is 13.0. The predicted octanol–water partition coefficient (Wildman–Crippen LogP) is 2.16. The standard InChI is InChI=1S/C15H16FN3O/c1-10-17-14(11-2-4-12(16)5-3-11)8-15(18-10)19-7-6-13(20)9-19/h2-5,8,13,20H,6-7,9H2,1H3. The molecule has 1 aromatic carbocycles. The lowest BCUT2D eigenvalue weighted by Crippen LogP contribution is -2.22. The lowest BCUT2D eigenvalue weighted by Gasteiger charge is -2.17.